The van der Waals surface area contributed by atoms with Crippen molar-refractivity contribution >= 4 is 12.1 Å². The summed E-state index contributed by atoms with van der Waals surface area (Å²) in [4.78, 5) is 14.0. The molecule has 1 heterocycles. The predicted molar refractivity (Wildman–Crippen MR) is 101 cm³/mol. The van der Waals surface area contributed by atoms with Gasteiger partial charge in [0.15, 0.2) is 0 Å². The average Bonchev–Trinajstić information content (AvgIpc) is 2.48. The van der Waals surface area contributed by atoms with Crippen LogP contribution in [-0.2, 0) is 23.2 Å². The zero-order chi connectivity index (χ0) is 18.4. The molecule has 0 unspecified atom stereocenters. The second-order valence-corrected chi connectivity index (χ2v) is 8.04. The van der Waals surface area contributed by atoms with E-state index in [2.05, 4.69) is 54.3 Å². The smallest absolute Gasteiger partial charge is 0.266 e. The van der Waals surface area contributed by atoms with Crippen LogP contribution < -0.4 is 5.32 Å². The third-order valence-electron chi connectivity index (χ3n) is 4.73. The van der Waals surface area contributed by atoms with Crippen LogP contribution in [0.3, 0.4) is 0 Å². The molecule has 0 spiro atoms. The summed E-state index contributed by atoms with van der Waals surface area (Å²) in [5.41, 5.74) is 4.44. The van der Waals surface area contributed by atoms with Crippen molar-refractivity contribution in [3.05, 3.63) is 34.9 Å². The number of rotatable bonds is 4. The molecule has 0 fully saturated rings. The number of hydrogen-bond acceptors (Lipinski definition) is 4. The topological polar surface area (TPSA) is 64.9 Å². The molecule has 0 saturated heterocycles. The number of carbonyl (C=O) groups is 1. The molecule has 1 amide bonds. The van der Waals surface area contributed by atoms with Crippen LogP contribution in [0, 0.1) is 0 Å². The van der Waals surface area contributed by atoms with Crippen molar-refractivity contribution in [1.29, 1.82) is 0 Å². The molecule has 0 aromatic heterocycles. The average molecular weight is 345 g/mol. The molecule has 5 heteroatoms. The summed E-state index contributed by atoms with van der Waals surface area (Å²) >= 11 is 0. The van der Waals surface area contributed by atoms with Gasteiger partial charge in [-0.3, -0.25) is 9.69 Å². The normalized spacial score (nSPS) is 17.6. The lowest BCUT2D eigenvalue weighted by atomic mass is 9.81. The highest BCUT2D eigenvalue weighted by atomic mass is 16.4. The maximum Gasteiger partial charge on any atom is 0.266 e. The predicted octanol–water partition coefficient (Wildman–Crippen LogP) is 3.09. The van der Waals surface area contributed by atoms with Crippen LogP contribution in [0.25, 0.3) is 0 Å². The van der Waals surface area contributed by atoms with Crippen LogP contribution in [0.5, 0.6) is 0 Å². The van der Waals surface area contributed by atoms with Crippen LogP contribution in [0.2, 0.25) is 0 Å². The molecule has 5 nitrogen and oxygen atoms in total. The van der Waals surface area contributed by atoms with Gasteiger partial charge in [0.1, 0.15) is 6.21 Å². The molecule has 138 valence electrons. The standard InChI is InChI=1S/C20H31N3O2/c1-15(22-19(24)12-21-25)13-23-11-6-5-8-16-9-7-10-18(17(16)14-23)20(2,3)4/h7,9-10,12,15,25H,5-6,8,11,13-14H2,1-4H3,(H,22,24)/b21-12-/t15-/m0/s1. The Balaban J connectivity index is 2.17. The molecule has 1 aliphatic heterocycles. The Bertz CT molecular complexity index is 620. The first-order valence-corrected chi connectivity index (χ1v) is 9.13. The van der Waals surface area contributed by atoms with E-state index in [9.17, 15) is 4.79 Å². The minimum Gasteiger partial charge on any atom is -0.411 e. The largest absolute Gasteiger partial charge is 0.411 e. The number of amides is 1. The number of nitrogens with one attached hydrogen (secondary N) is 1. The summed E-state index contributed by atoms with van der Waals surface area (Å²) in [6.45, 7) is 11.5. The van der Waals surface area contributed by atoms with E-state index in [1.165, 1.54) is 23.1 Å². The fraction of sp³-hybridized carbons (Fsp3) is 0.600. The number of fused-ring (bicyclic) bond motifs is 1. The number of aryl methyl sites for hydroxylation is 1. The van der Waals surface area contributed by atoms with Crippen LogP contribution in [0.4, 0.5) is 0 Å². The van der Waals surface area contributed by atoms with Gasteiger partial charge in [0.05, 0.1) is 0 Å². The van der Waals surface area contributed by atoms with Crippen LogP contribution >= 0.6 is 0 Å². The summed E-state index contributed by atoms with van der Waals surface area (Å²) < 4.78 is 0. The summed E-state index contributed by atoms with van der Waals surface area (Å²) in [7, 11) is 0. The quantitative estimate of drug-likeness (QED) is 0.501. The van der Waals surface area contributed by atoms with Gasteiger partial charge in [0, 0.05) is 19.1 Å². The maximum absolute atomic E-state index is 11.6. The van der Waals surface area contributed by atoms with Gasteiger partial charge in [0.2, 0.25) is 0 Å². The fourth-order valence-corrected chi connectivity index (χ4v) is 3.63. The lowest BCUT2D eigenvalue weighted by Crippen LogP contribution is -2.43. The van der Waals surface area contributed by atoms with Crippen LogP contribution in [0.1, 0.15) is 57.2 Å². The molecule has 0 radical (unpaired) electrons. The van der Waals surface area contributed by atoms with Crippen LogP contribution in [0.15, 0.2) is 23.4 Å². The molecule has 25 heavy (non-hydrogen) atoms. The molecule has 2 rings (SSSR count). The maximum atomic E-state index is 11.6. The van der Waals surface area contributed by atoms with Crippen molar-refractivity contribution in [1.82, 2.24) is 10.2 Å². The Morgan fingerprint density at radius 1 is 1.40 bits per heavy atom. The van der Waals surface area contributed by atoms with Crippen molar-refractivity contribution in [2.75, 3.05) is 13.1 Å². The molecule has 0 bridgehead atoms. The van der Waals surface area contributed by atoms with Crippen molar-refractivity contribution in [2.45, 2.75) is 65.0 Å². The molecule has 2 N–H and O–H groups in total. The highest BCUT2D eigenvalue weighted by molar-refractivity contribution is 6.26. The summed E-state index contributed by atoms with van der Waals surface area (Å²) in [5.74, 6) is -0.363. The van der Waals surface area contributed by atoms with Gasteiger partial charge in [-0.2, -0.15) is 0 Å². The first-order chi connectivity index (χ1) is 11.8. The molecule has 0 aliphatic carbocycles. The summed E-state index contributed by atoms with van der Waals surface area (Å²) in [6, 6.07) is 6.69. The van der Waals surface area contributed by atoms with E-state index < -0.39 is 0 Å². The van der Waals surface area contributed by atoms with Crippen molar-refractivity contribution in [2.24, 2.45) is 5.16 Å². The lowest BCUT2D eigenvalue weighted by Gasteiger charge is -2.32. The Kier molecular flexibility index (Phi) is 6.59. The number of benzene rings is 1. The molecule has 1 aromatic carbocycles. The fourth-order valence-electron chi connectivity index (χ4n) is 3.63. The Morgan fingerprint density at radius 2 is 2.16 bits per heavy atom. The first-order valence-electron chi connectivity index (χ1n) is 9.13. The first kappa shape index (κ1) is 19.4. The molecular formula is C20H31N3O2. The Hall–Kier alpha value is -1.88. The monoisotopic (exact) mass is 345 g/mol. The number of nitrogens with zero attached hydrogens (tertiary/aromatic N) is 2. The van der Waals surface area contributed by atoms with E-state index in [1.807, 2.05) is 6.92 Å². The SMILES string of the molecule is C[C@@H](CN1CCCCc2cccc(C(C)(C)C)c2C1)NC(=O)/C=N\O. The van der Waals surface area contributed by atoms with E-state index in [0.717, 1.165) is 38.7 Å². The van der Waals surface area contributed by atoms with Crippen molar-refractivity contribution in [3.63, 3.8) is 0 Å². The molecule has 1 aliphatic rings. The van der Waals surface area contributed by atoms with Crippen molar-refractivity contribution in [3.8, 4) is 0 Å². The lowest BCUT2D eigenvalue weighted by molar-refractivity contribution is -0.115. The third-order valence-corrected chi connectivity index (χ3v) is 4.73. The van der Waals surface area contributed by atoms with E-state index in [4.69, 9.17) is 5.21 Å². The summed E-state index contributed by atoms with van der Waals surface area (Å²) in [6.07, 6.45) is 4.40. The van der Waals surface area contributed by atoms with Gasteiger partial charge in [0.25, 0.3) is 5.91 Å². The third kappa shape index (κ3) is 5.56. The van der Waals surface area contributed by atoms with Gasteiger partial charge < -0.3 is 10.5 Å². The molecule has 0 saturated carbocycles. The number of oxime groups is 1. The highest BCUT2D eigenvalue weighted by Gasteiger charge is 2.23. The van der Waals surface area contributed by atoms with Gasteiger partial charge >= 0.3 is 0 Å². The van der Waals surface area contributed by atoms with Gasteiger partial charge in [-0.05, 0) is 54.8 Å². The number of hydrogen-bond donors (Lipinski definition) is 2. The Labute approximate surface area is 151 Å². The Morgan fingerprint density at radius 3 is 2.84 bits per heavy atom. The van der Waals surface area contributed by atoms with E-state index in [0.29, 0.717) is 0 Å². The van der Waals surface area contributed by atoms with Crippen LogP contribution in [-0.4, -0.2) is 41.4 Å². The molecule has 1 aromatic rings. The van der Waals surface area contributed by atoms with Gasteiger partial charge in [-0.25, -0.2) is 0 Å². The second-order valence-electron chi connectivity index (χ2n) is 8.04. The molecular weight excluding hydrogens is 314 g/mol. The van der Waals surface area contributed by atoms with E-state index in [-0.39, 0.29) is 17.4 Å². The highest BCUT2D eigenvalue weighted by Crippen LogP contribution is 2.31. The van der Waals surface area contributed by atoms with Gasteiger partial charge in [-0.1, -0.05) is 44.1 Å². The zero-order valence-corrected chi connectivity index (χ0v) is 15.9. The summed E-state index contributed by atoms with van der Waals surface area (Å²) in [5, 5.41) is 14.1. The molecule has 1 atom stereocenters. The minimum absolute atomic E-state index is 0.00447. The zero-order valence-electron chi connectivity index (χ0n) is 15.9. The number of carbonyl (C=O) groups excluding carboxylic acids is 1. The minimum atomic E-state index is -0.363. The van der Waals surface area contributed by atoms with E-state index >= 15 is 0 Å². The van der Waals surface area contributed by atoms with Crippen molar-refractivity contribution < 1.29 is 10.0 Å². The van der Waals surface area contributed by atoms with Gasteiger partial charge in [-0.15, -0.1) is 0 Å². The second kappa shape index (κ2) is 8.48. The van der Waals surface area contributed by atoms with E-state index in [1.54, 1.807) is 0 Å².